The van der Waals surface area contributed by atoms with Gasteiger partial charge in [0.15, 0.2) is 5.78 Å². The van der Waals surface area contributed by atoms with Crippen LogP contribution in [0.4, 0.5) is 17.1 Å². The summed E-state index contributed by atoms with van der Waals surface area (Å²) < 4.78 is 0. The topological polar surface area (TPSA) is 20.3 Å². The van der Waals surface area contributed by atoms with E-state index in [2.05, 4.69) is 65.6 Å². The van der Waals surface area contributed by atoms with Crippen molar-refractivity contribution in [2.75, 3.05) is 4.90 Å². The third-order valence-corrected chi connectivity index (χ3v) is 6.22. The van der Waals surface area contributed by atoms with Crippen LogP contribution >= 0.6 is 0 Å². The van der Waals surface area contributed by atoms with Gasteiger partial charge in [-0.05, 0) is 47.0 Å². The Bertz CT molecular complexity index is 1430. The normalized spacial score (nSPS) is 11.7. The van der Waals surface area contributed by atoms with Gasteiger partial charge in [0.05, 0.1) is 5.69 Å². The molecule has 0 amide bonds. The Hall–Kier alpha value is -4.43. The van der Waals surface area contributed by atoms with Crippen molar-refractivity contribution in [2.45, 2.75) is 0 Å². The van der Waals surface area contributed by atoms with Crippen molar-refractivity contribution in [2.24, 2.45) is 0 Å². The second-order valence-electron chi connectivity index (χ2n) is 8.13. The smallest absolute Gasteiger partial charge is 0.194 e. The van der Waals surface area contributed by atoms with Crippen LogP contribution in [0.3, 0.4) is 0 Å². The largest absolute Gasteiger partial charge is 0.310 e. The van der Waals surface area contributed by atoms with Crippen molar-refractivity contribution in [3.8, 4) is 22.3 Å². The molecule has 0 spiro atoms. The Kier molecular flexibility index (Phi) is 4.63. The van der Waals surface area contributed by atoms with E-state index in [0.717, 1.165) is 50.4 Å². The average molecular weight is 424 g/mol. The van der Waals surface area contributed by atoms with Crippen LogP contribution in [0.5, 0.6) is 0 Å². The molecule has 0 aliphatic heterocycles. The molecule has 0 saturated carbocycles. The first kappa shape index (κ1) is 19.3. The summed E-state index contributed by atoms with van der Waals surface area (Å²) >= 11 is 0. The third kappa shape index (κ3) is 3.16. The van der Waals surface area contributed by atoms with Crippen molar-refractivity contribution < 1.29 is 4.79 Å². The molecule has 2 nitrogen and oxygen atoms in total. The van der Waals surface area contributed by atoms with Gasteiger partial charge in [-0.25, -0.2) is 0 Å². The van der Waals surface area contributed by atoms with E-state index in [1.54, 1.807) is 0 Å². The summed E-state index contributed by atoms with van der Waals surface area (Å²) in [6, 6.07) is 43.1. The van der Waals surface area contributed by atoms with E-state index in [1.807, 2.05) is 66.7 Å². The molecule has 1 aliphatic rings. The number of fused-ring (bicyclic) bond motifs is 3. The van der Waals surface area contributed by atoms with Crippen LogP contribution in [0, 0.1) is 0 Å². The lowest BCUT2D eigenvalue weighted by Gasteiger charge is -2.28. The third-order valence-electron chi connectivity index (χ3n) is 6.22. The van der Waals surface area contributed by atoms with E-state index < -0.39 is 0 Å². The first-order chi connectivity index (χ1) is 16.3. The Morgan fingerprint density at radius 3 is 1.48 bits per heavy atom. The van der Waals surface area contributed by atoms with E-state index >= 15 is 0 Å². The maximum Gasteiger partial charge on any atom is 0.194 e. The van der Waals surface area contributed by atoms with Crippen molar-refractivity contribution >= 4 is 22.8 Å². The summed E-state index contributed by atoms with van der Waals surface area (Å²) in [4.78, 5) is 15.7. The van der Waals surface area contributed by atoms with Gasteiger partial charge in [-0.1, -0.05) is 97.1 Å². The molecule has 6 rings (SSSR count). The van der Waals surface area contributed by atoms with Crippen molar-refractivity contribution in [1.29, 1.82) is 0 Å². The van der Waals surface area contributed by atoms with Crippen molar-refractivity contribution in [1.82, 2.24) is 0 Å². The van der Waals surface area contributed by atoms with Crippen LogP contribution in [0.15, 0.2) is 127 Å². The van der Waals surface area contributed by atoms with Crippen LogP contribution in [0.25, 0.3) is 22.3 Å². The van der Waals surface area contributed by atoms with E-state index in [0.29, 0.717) is 0 Å². The lowest BCUT2D eigenvalue weighted by molar-refractivity contribution is 0.104. The second kappa shape index (κ2) is 7.92. The fraction of sp³-hybridized carbons (Fsp3) is 0. The molecule has 33 heavy (non-hydrogen) atoms. The molecule has 5 aromatic rings. The molecule has 0 atom stereocenters. The zero-order valence-electron chi connectivity index (χ0n) is 18.0. The van der Waals surface area contributed by atoms with Crippen LogP contribution in [0.1, 0.15) is 15.9 Å². The van der Waals surface area contributed by atoms with Gasteiger partial charge in [0.2, 0.25) is 0 Å². The lowest BCUT2D eigenvalue weighted by atomic mass is 9.93. The predicted octanol–water partition coefficient (Wildman–Crippen LogP) is 8.03. The highest BCUT2D eigenvalue weighted by atomic mass is 16.1. The molecule has 0 radical (unpaired) electrons. The first-order valence-electron chi connectivity index (χ1n) is 11.1. The lowest BCUT2D eigenvalue weighted by Crippen LogP contribution is -2.11. The molecule has 5 aromatic carbocycles. The molecular weight excluding hydrogens is 402 g/mol. The van der Waals surface area contributed by atoms with Gasteiger partial charge in [-0.15, -0.1) is 0 Å². The maximum atomic E-state index is 13.5. The number of carbonyl (C=O) groups excluding carboxylic acids is 1. The molecule has 156 valence electrons. The van der Waals surface area contributed by atoms with E-state index in [-0.39, 0.29) is 5.78 Å². The molecule has 0 heterocycles. The van der Waals surface area contributed by atoms with Gasteiger partial charge in [0, 0.05) is 28.1 Å². The molecule has 0 unspecified atom stereocenters. The van der Waals surface area contributed by atoms with E-state index in [1.165, 1.54) is 0 Å². The van der Waals surface area contributed by atoms with Gasteiger partial charge in [0.1, 0.15) is 0 Å². The minimum Gasteiger partial charge on any atom is -0.310 e. The van der Waals surface area contributed by atoms with E-state index in [4.69, 9.17) is 0 Å². The summed E-state index contributed by atoms with van der Waals surface area (Å²) in [5.74, 6) is 0.0944. The maximum absolute atomic E-state index is 13.5. The highest BCUT2D eigenvalue weighted by Crippen LogP contribution is 2.46. The standard InChI is InChI=1S/C31H21NO/c33-31-28-18-8-7-16-24(28)26-19-11-20-27(30(26)31)25-17-9-10-21-29(25)32(22-12-3-1-4-13-22)23-14-5-2-6-15-23/h1-21H. The number of para-hydroxylation sites is 3. The van der Waals surface area contributed by atoms with Crippen LogP contribution in [-0.4, -0.2) is 5.78 Å². The molecular formula is C31H21NO. The van der Waals surface area contributed by atoms with Gasteiger partial charge in [-0.3, -0.25) is 4.79 Å². The molecule has 0 aromatic heterocycles. The second-order valence-corrected chi connectivity index (χ2v) is 8.13. The zero-order valence-corrected chi connectivity index (χ0v) is 18.0. The monoisotopic (exact) mass is 423 g/mol. The van der Waals surface area contributed by atoms with E-state index in [9.17, 15) is 4.79 Å². The molecule has 0 fully saturated rings. The SMILES string of the molecule is O=C1c2ccccc2-c2cccc(-c3ccccc3N(c3ccccc3)c3ccccc3)c21. The molecule has 0 saturated heterocycles. The highest BCUT2D eigenvalue weighted by Gasteiger charge is 2.30. The Morgan fingerprint density at radius 2 is 0.848 bits per heavy atom. The number of hydrogen-bond donors (Lipinski definition) is 0. The van der Waals surface area contributed by atoms with Crippen molar-refractivity contribution in [3.05, 3.63) is 139 Å². The van der Waals surface area contributed by atoms with Gasteiger partial charge in [0.25, 0.3) is 0 Å². The Labute approximate surface area is 193 Å². The van der Waals surface area contributed by atoms with Crippen LogP contribution in [0.2, 0.25) is 0 Å². The first-order valence-corrected chi connectivity index (χ1v) is 11.1. The number of benzene rings is 5. The summed E-state index contributed by atoms with van der Waals surface area (Å²) in [5.41, 5.74) is 8.74. The summed E-state index contributed by atoms with van der Waals surface area (Å²) in [6.07, 6.45) is 0. The highest BCUT2D eigenvalue weighted by molar-refractivity contribution is 6.25. The molecule has 2 heteroatoms. The Balaban J connectivity index is 1.60. The quantitative estimate of drug-likeness (QED) is 0.286. The van der Waals surface area contributed by atoms with Crippen molar-refractivity contribution in [3.63, 3.8) is 0 Å². The van der Waals surface area contributed by atoms with Gasteiger partial charge in [-0.2, -0.15) is 0 Å². The number of nitrogens with zero attached hydrogens (tertiary/aromatic N) is 1. The predicted molar refractivity (Wildman–Crippen MR) is 135 cm³/mol. The number of hydrogen-bond acceptors (Lipinski definition) is 2. The number of anilines is 3. The van der Waals surface area contributed by atoms with Gasteiger partial charge < -0.3 is 4.90 Å². The summed E-state index contributed by atoms with van der Waals surface area (Å²) in [6.45, 7) is 0. The summed E-state index contributed by atoms with van der Waals surface area (Å²) in [5, 5.41) is 0. The fourth-order valence-electron chi connectivity index (χ4n) is 4.77. The fourth-order valence-corrected chi connectivity index (χ4v) is 4.77. The summed E-state index contributed by atoms with van der Waals surface area (Å²) in [7, 11) is 0. The zero-order chi connectivity index (χ0) is 22.2. The minimum absolute atomic E-state index is 0.0944. The van der Waals surface area contributed by atoms with Crippen LogP contribution < -0.4 is 4.90 Å². The number of ketones is 1. The van der Waals surface area contributed by atoms with Crippen LogP contribution in [-0.2, 0) is 0 Å². The molecule has 0 bridgehead atoms. The minimum atomic E-state index is 0.0944. The Morgan fingerprint density at radius 1 is 0.394 bits per heavy atom. The molecule has 0 N–H and O–H groups in total. The number of carbonyl (C=O) groups is 1. The molecule has 1 aliphatic carbocycles. The average Bonchev–Trinajstić information content (AvgIpc) is 3.18. The number of rotatable bonds is 4. The van der Waals surface area contributed by atoms with Gasteiger partial charge >= 0.3 is 0 Å².